The predicted octanol–water partition coefficient (Wildman–Crippen LogP) is 3.36. The first-order chi connectivity index (χ1) is 10.8. The van der Waals surface area contributed by atoms with Crippen molar-refractivity contribution in [2.75, 3.05) is 51.3 Å². The third-order valence-corrected chi connectivity index (χ3v) is 5.46. The zero-order valence-electron chi connectivity index (χ0n) is 14.1. The Balaban J connectivity index is 1.74. The summed E-state index contributed by atoms with van der Waals surface area (Å²) >= 11 is 0. The Morgan fingerprint density at radius 2 is 1.82 bits per heavy atom. The fraction of sp³-hybridized carbons (Fsp3) is 0.684. The average Bonchev–Trinajstić information content (AvgIpc) is 3.10. The number of nitrogens with zero attached hydrogens (tertiary/aromatic N) is 2. The van der Waals surface area contributed by atoms with Gasteiger partial charge in [0.25, 0.3) is 0 Å². The first-order valence-electron chi connectivity index (χ1n) is 8.88. The second kappa shape index (κ2) is 7.47. The van der Waals surface area contributed by atoms with Crippen molar-refractivity contribution in [2.24, 2.45) is 5.92 Å². The van der Waals surface area contributed by atoms with Crippen molar-refractivity contribution in [3.8, 4) is 0 Å². The number of ether oxygens (including phenoxy) is 1. The van der Waals surface area contributed by atoms with E-state index < -0.39 is 0 Å². The van der Waals surface area contributed by atoms with Gasteiger partial charge in [0, 0.05) is 45.0 Å². The highest BCUT2D eigenvalue weighted by molar-refractivity contribution is 5.49. The Bertz CT molecular complexity index is 453. The van der Waals surface area contributed by atoms with E-state index in [1.807, 2.05) is 7.11 Å². The summed E-state index contributed by atoms with van der Waals surface area (Å²) in [4.78, 5) is 5.08. The van der Waals surface area contributed by atoms with Gasteiger partial charge in [0.2, 0.25) is 0 Å². The normalized spacial score (nSPS) is 26.5. The highest BCUT2D eigenvalue weighted by Crippen LogP contribution is 2.33. The smallest absolute Gasteiger partial charge is 0.0497 e. The van der Waals surface area contributed by atoms with E-state index >= 15 is 0 Å². The summed E-state index contributed by atoms with van der Waals surface area (Å²) in [5.41, 5.74) is 2.89. The molecule has 0 aliphatic carbocycles. The summed E-state index contributed by atoms with van der Waals surface area (Å²) in [6.45, 7) is 9.14. The van der Waals surface area contributed by atoms with E-state index in [0.29, 0.717) is 11.8 Å². The van der Waals surface area contributed by atoms with E-state index in [-0.39, 0.29) is 0 Å². The number of likely N-dealkylation sites (tertiary alicyclic amines) is 1. The minimum atomic E-state index is 0.612. The van der Waals surface area contributed by atoms with Gasteiger partial charge in [-0.05, 0) is 56.0 Å². The lowest BCUT2D eigenvalue weighted by atomic mass is 9.81. The molecule has 0 spiro atoms. The lowest BCUT2D eigenvalue weighted by Gasteiger charge is -2.38. The van der Waals surface area contributed by atoms with Gasteiger partial charge in [-0.15, -0.1) is 0 Å². The summed E-state index contributed by atoms with van der Waals surface area (Å²) in [6.07, 6.45) is 3.93. The molecule has 3 heteroatoms. The van der Waals surface area contributed by atoms with Crippen LogP contribution in [0.15, 0.2) is 24.3 Å². The van der Waals surface area contributed by atoms with Crippen molar-refractivity contribution in [3.05, 3.63) is 29.8 Å². The van der Waals surface area contributed by atoms with Gasteiger partial charge in [0.1, 0.15) is 0 Å². The molecule has 2 heterocycles. The molecule has 2 aliphatic heterocycles. The van der Waals surface area contributed by atoms with E-state index in [0.717, 1.165) is 13.2 Å². The van der Waals surface area contributed by atoms with Crippen molar-refractivity contribution in [1.82, 2.24) is 4.90 Å². The van der Waals surface area contributed by atoms with Crippen molar-refractivity contribution >= 4 is 5.69 Å². The van der Waals surface area contributed by atoms with Crippen LogP contribution in [0.2, 0.25) is 0 Å². The zero-order valence-corrected chi connectivity index (χ0v) is 14.1. The number of hydrogen-bond acceptors (Lipinski definition) is 3. The van der Waals surface area contributed by atoms with Crippen LogP contribution in [0.25, 0.3) is 0 Å². The highest BCUT2D eigenvalue weighted by Gasteiger charge is 2.29. The molecule has 2 atom stereocenters. The largest absolute Gasteiger partial charge is 0.384 e. The van der Waals surface area contributed by atoms with Crippen LogP contribution in [0.4, 0.5) is 5.69 Å². The zero-order chi connectivity index (χ0) is 15.4. The molecule has 2 saturated heterocycles. The van der Waals surface area contributed by atoms with E-state index in [4.69, 9.17) is 4.74 Å². The lowest BCUT2D eigenvalue weighted by Crippen LogP contribution is -2.40. The molecule has 3 rings (SSSR count). The number of likely N-dealkylation sites (N-methyl/N-ethyl adjacent to an activating group) is 1. The number of hydrogen-bond donors (Lipinski definition) is 0. The summed E-state index contributed by atoms with van der Waals surface area (Å²) in [5, 5.41) is 0. The van der Waals surface area contributed by atoms with Gasteiger partial charge in [0.05, 0.1) is 0 Å². The van der Waals surface area contributed by atoms with Crippen LogP contribution >= 0.6 is 0 Å². The van der Waals surface area contributed by atoms with Crippen LogP contribution in [0.5, 0.6) is 0 Å². The Labute approximate surface area is 135 Å². The molecule has 2 fully saturated rings. The Hall–Kier alpha value is -1.06. The van der Waals surface area contributed by atoms with Gasteiger partial charge in [-0.25, -0.2) is 0 Å². The molecule has 3 nitrogen and oxygen atoms in total. The van der Waals surface area contributed by atoms with Crippen molar-refractivity contribution in [1.29, 1.82) is 0 Å². The summed E-state index contributed by atoms with van der Waals surface area (Å²) in [7, 11) is 1.83. The predicted molar refractivity (Wildman–Crippen MR) is 92.7 cm³/mol. The van der Waals surface area contributed by atoms with Crippen LogP contribution in [0, 0.1) is 5.92 Å². The molecule has 0 saturated carbocycles. The third kappa shape index (κ3) is 3.47. The first kappa shape index (κ1) is 15.8. The summed E-state index contributed by atoms with van der Waals surface area (Å²) < 4.78 is 5.48. The quantitative estimate of drug-likeness (QED) is 0.829. The molecule has 1 aromatic carbocycles. The molecule has 0 aromatic heterocycles. The second-order valence-corrected chi connectivity index (χ2v) is 6.79. The monoisotopic (exact) mass is 302 g/mol. The van der Waals surface area contributed by atoms with Gasteiger partial charge in [-0.3, -0.25) is 0 Å². The number of piperidine rings is 1. The SMILES string of the molecule is CCN1CCC(COC)C(c2ccc(N3CCCC3)cc2)C1. The Morgan fingerprint density at radius 1 is 1.09 bits per heavy atom. The van der Waals surface area contributed by atoms with Crippen molar-refractivity contribution in [2.45, 2.75) is 32.1 Å². The van der Waals surface area contributed by atoms with Crippen molar-refractivity contribution < 1.29 is 4.74 Å². The molecule has 0 radical (unpaired) electrons. The summed E-state index contributed by atoms with van der Waals surface area (Å²) in [5.74, 6) is 1.27. The Morgan fingerprint density at radius 3 is 2.45 bits per heavy atom. The van der Waals surface area contributed by atoms with Crippen LogP contribution in [-0.2, 0) is 4.74 Å². The maximum absolute atomic E-state index is 5.48. The standard InChI is InChI=1S/C19H30N2O/c1-3-20-13-10-17(15-22-2)19(14-20)16-6-8-18(9-7-16)21-11-4-5-12-21/h6-9,17,19H,3-5,10-15H2,1-2H3. The highest BCUT2D eigenvalue weighted by atomic mass is 16.5. The van der Waals surface area contributed by atoms with Gasteiger partial charge in [-0.1, -0.05) is 19.1 Å². The molecule has 0 N–H and O–H groups in total. The van der Waals surface area contributed by atoms with E-state index in [1.54, 1.807) is 0 Å². The molecule has 2 unspecified atom stereocenters. The van der Waals surface area contributed by atoms with Crippen molar-refractivity contribution in [3.63, 3.8) is 0 Å². The summed E-state index contributed by atoms with van der Waals surface area (Å²) in [6, 6.07) is 9.38. The van der Waals surface area contributed by atoms with Crippen LogP contribution in [0.3, 0.4) is 0 Å². The van der Waals surface area contributed by atoms with E-state index in [1.165, 1.54) is 56.7 Å². The van der Waals surface area contributed by atoms with Crippen LogP contribution in [-0.4, -0.2) is 51.3 Å². The van der Waals surface area contributed by atoms with Gasteiger partial charge in [-0.2, -0.15) is 0 Å². The second-order valence-electron chi connectivity index (χ2n) is 6.79. The lowest BCUT2D eigenvalue weighted by molar-refractivity contribution is 0.0845. The van der Waals surface area contributed by atoms with E-state index in [9.17, 15) is 0 Å². The molecule has 0 bridgehead atoms. The third-order valence-electron chi connectivity index (χ3n) is 5.46. The van der Waals surface area contributed by atoms with Crippen LogP contribution in [0.1, 0.15) is 37.7 Å². The fourth-order valence-corrected chi connectivity index (χ4v) is 4.05. The molecule has 1 aromatic rings. The van der Waals surface area contributed by atoms with Gasteiger partial charge < -0.3 is 14.5 Å². The maximum Gasteiger partial charge on any atom is 0.0497 e. The number of methoxy groups -OCH3 is 1. The minimum Gasteiger partial charge on any atom is -0.384 e. The maximum atomic E-state index is 5.48. The average molecular weight is 302 g/mol. The number of benzene rings is 1. The molecule has 0 amide bonds. The number of anilines is 1. The minimum absolute atomic E-state index is 0.612. The Kier molecular flexibility index (Phi) is 5.37. The molecule has 122 valence electrons. The van der Waals surface area contributed by atoms with E-state index in [2.05, 4.69) is 41.0 Å². The van der Waals surface area contributed by atoms with Crippen LogP contribution < -0.4 is 4.90 Å². The van der Waals surface area contributed by atoms with Gasteiger partial charge >= 0.3 is 0 Å². The molecule has 22 heavy (non-hydrogen) atoms. The molecule has 2 aliphatic rings. The van der Waals surface area contributed by atoms with Gasteiger partial charge in [0.15, 0.2) is 0 Å². The fourth-order valence-electron chi connectivity index (χ4n) is 4.05. The topological polar surface area (TPSA) is 15.7 Å². The number of rotatable bonds is 5. The molecular formula is C19H30N2O. The first-order valence-corrected chi connectivity index (χ1v) is 8.88. The molecular weight excluding hydrogens is 272 g/mol.